The normalized spacial score (nSPS) is 12.3. The predicted octanol–water partition coefficient (Wildman–Crippen LogP) is 3.32. The van der Waals surface area contributed by atoms with Crippen molar-refractivity contribution < 1.29 is 22.7 Å². The van der Waals surface area contributed by atoms with E-state index in [0.29, 0.717) is 27.2 Å². The van der Waals surface area contributed by atoms with Crippen LogP contribution in [0.3, 0.4) is 0 Å². The highest BCUT2D eigenvalue weighted by Gasteiger charge is 2.23. The van der Waals surface area contributed by atoms with Crippen LogP contribution < -0.4 is 19.5 Å². The number of halogens is 2. The molecule has 1 amide bonds. The molecule has 2 N–H and O–H groups in total. The van der Waals surface area contributed by atoms with Gasteiger partial charge in [0, 0.05) is 17.2 Å². The van der Waals surface area contributed by atoms with Crippen molar-refractivity contribution in [2.24, 2.45) is 0 Å². The minimum absolute atomic E-state index is 0.00251. The Morgan fingerprint density at radius 2 is 1.63 bits per heavy atom. The number of carbonyl (C=O) groups is 1. The van der Waals surface area contributed by atoms with Gasteiger partial charge in [-0.25, -0.2) is 8.42 Å². The van der Waals surface area contributed by atoms with Crippen molar-refractivity contribution >= 4 is 44.8 Å². The Balaban J connectivity index is 2.17. The molecule has 2 rings (SSSR count). The number of methoxy groups -OCH3 is 2. The Bertz CT molecular complexity index is 933. The van der Waals surface area contributed by atoms with Crippen LogP contribution in [0.1, 0.15) is 6.92 Å². The second-order valence-electron chi connectivity index (χ2n) is 5.47. The van der Waals surface area contributed by atoms with E-state index in [1.807, 2.05) is 0 Å². The molecule has 10 heteroatoms. The van der Waals surface area contributed by atoms with Crippen molar-refractivity contribution in [1.29, 1.82) is 0 Å². The van der Waals surface area contributed by atoms with Gasteiger partial charge in [0.05, 0.1) is 35.9 Å². The van der Waals surface area contributed by atoms with E-state index in [1.54, 1.807) is 0 Å². The first-order chi connectivity index (χ1) is 12.7. The molecule has 0 unspecified atom stereocenters. The maximum Gasteiger partial charge on any atom is 0.242 e. The highest BCUT2D eigenvalue weighted by Crippen LogP contribution is 2.35. The molecule has 1 atom stereocenters. The van der Waals surface area contributed by atoms with E-state index in [1.165, 1.54) is 57.5 Å². The average molecular weight is 433 g/mol. The molecule has 27 heavy (non-hydrogen) atoms. The van der Waals surface area contributed by atoms with Crippen LogP contribution >= 0.6 is 23.2 Å². The lowest BCUT2D eigenvalue weighted by atomic mass is 10.2. The molecule has 2 aromatic rings. The van der Waals surface area contributed by atoms with Crippen molar-refractivity contribution in [3.8, 4) is 11.5 Å². The highest BCUT2D eigenvalue weighted by molar-refractivity contribution is 7.89. The average Bonchev–Trinajstić information content (AvgIpc) is 2.62. The Labute approximate surface area is 167 Å². The Morgan fingerprint density at radius 3 is 2.19 bits per heavy atom. The fourth-order valence-corrected chi connectivity index (χ4v) is 3.73. The summed E-state index contributed by atoms with van der Waals surface area (Å²) in [5.41, 5.74) is 0.293. The maximum atomic E-state index is 12.4. The highest BCUT2D eigenvalue weighted by atomic mass is 35.5. The number of hydrogen-bond acceptors (Lipinski definition) is 5. The van der Waals surface area contributed by atoms with Crippen LogP contribution in [0.2, 0.25) is 10.0 Å². The zero-order valence-electron chi connectivity index (χ0n) is 14.7. The van der Waals surface area contributed by atoms with E-state index in [0.717, 1.165) is 0 Å². The number of anilines is 1. The third-order valence-electron chi connectivity index (χ3n) is 3.58. The number of nitrogens with one attached hydrogen (secondary N) is 2. The van der Waals surface area contributed by atoms with Gasteiger partial charge < -0.3 is 14.8 Å². The van der Waals surface area contributed by atoms with E-state index in [4.69, 9.17) is 32.7 Å². The van der Waals surface area contributed by atoms with Crippen LogP contribution in [0.15, 0.2) is 41.3 Å². The maximum absolute atomic E-state index is 12.4. The summed E-state index contributed by atoms with van der Waals surface area (Å²) in [4.78, 5) is 12.4. The summed E-state index contributed by atoms with van der Waals surface area (Å²) >= 11 is 11.8. The van der Waals surface area contributed by atoms with E-state index in [9.17, 15) is 13.2 Å². The van der Waals surface area contributed by atoms with E-state index in [-0.39, 0.29) is 4.90 Å². The molecule has 0 heterocycles. The SMILES string of the molecule is COc1cc(NC(=O)[C@@H](C)NS(=O)(=O)c2ccc(Cl)cc2)c(OC)cc1Cl. The molecule has 2 aromatic carbocycles. The first kappa shape index (κ1) is 21.3. The van der Waals surface area contributed by atoms with Crippen molar-refractivity contribution in [3.05, 3.63) is 46.4 Å². The van der Waals surface area contributed by atoms with Crippen molar-refractivity contribution in [1.82, 2.24) is 4.72 Å². The van der Waals surface area contributed by atoms with Crippen molar-refractivity contribution in [2.75, 3.05) is 19.5 Å². The second-order valence-corrected chi connectivity index (χ2v) is 8.03. The Hall–Kier alpha value is -2.00. The van der Waals surface area contributed by atoms with Gasteiger partial charge in [0.2, 0.25) is 15.9 Å². The summed E-state index contributed by atoms with van der Waals surface area (Å²) in [5.74, 6) is 0.0549. The lowest BCUT2D eigenvalue weighted by Crippen LogP contribution is -2.41. The van der Waals surface area contributed by atoms with Gasteiger partial charge in [0.1, 0.15) is 11.5 Å². The molecule has 146 valence electrons. The van der Waals surface area contributed by atoms with Gasteiger partial charge in [-0.15, -0.1) is 0 Å². The van der Waals surface area contributed by atoms with Gasteiger partial charge >= 0.3 is 0 Å². The molecule has 0 aromatic heterocycles. The van der Waals surface area contributed by atoms with Crippen molar-refractivity contribution in [3.63, 3.8) is 0 Å². The number of hydrogen-bond donors (Lipinski definition) is 2. The minimum Gasteiger partial charge on any atom is -0.495 e. The standard InChI is InChI=1S/C17H18Cl2N2O5S/c1-10(21-27(23,24)12-6-4-11(18)5-7-12)17(22)20-14-9-15(25-2)13(19)8-16(14)26-3/h4-10,21H,1-3H3,(H,20,22)/t10-/m1/s1. The molecule has 0 bridgehead atoms. The van der Waals surface area contributed by atoms with Gasteiger partial charge in [-0.2, -0.15) is 4.72 Å². The fourth-order valence-electron chi connectivity index (χ4n) is 2.17. The summed E-state index contributed by atoms with van der Waals surface area (Å²) in [6.07, 6.45) is 0. The molecular formula is C17H18Cl2N2O5S. The quantitative estimate of drug-likeness (QED) is 0.699. The first-order valence-corrected chi connectivity index (χ1v) is 9.92. The molecular weight excluding hydrogens is 415 g/mol. The topological polar surface area (TPSA) is 93.7 Å². The number of amides is 1. The van der Waals surface area contributed by atoms with Crippen LogP contribution in [0, 0.1) is 0 Å². The molecule has 0 spiro atoms. The Kier molecular flexibility index (Phi) is 6.94. The smallest absolute Gasteiger partial charge is 0.242 e. The third-order valence-corrected chi connectivity index (χ3v) is 5.68. The number of sulfonamides is 1. The summed E-state index contributed by atoms with van der Waals surface area (Å²) in [5, 5.41) is 3.31. The van der Waals surface area contributed by atoms with Crippen molar-refractivity contribution in [2.45, 2.75) is 17.9 Å². The van der Waals surface area contributed by atoms with Gasteiger partial charge in [-0.05, 0) is 31.2 Å². The third kappa shape index (κ3) is 5.26. The minimum atomic E-state index is -3.90. The van der Waals surface area contributed by atoms with Gasteiger partial charge in [0.15, 0.2) is 0 Å². The molecule has 7 nitrogen and oxygen atoms in total. The molecule has 0 saturated carbocycles. The number of rotatable bonds is 7. The first-order valence-electron chi connectivity index (χ1n) is 7.68. The number of carbonyl (C=O) groups excluding carboxylic acids is 1. The van der Waals surface area contributed by atoms with Crippen LogP contribution in [0.5, 0.6) is 11.5 Å². The summed E-state index contributed by atoms with van der Waals surface area (Å²) in [6, 6.07) is 7.51. The van der Waals surface area contributed by atoms with E-state index >= 15 is 0 Å². The van der Waals surface area contributed by atoms with Gasteiger partial charge in [-0.3, -0.25) is 4.79 Å². The van der Waals surface area contributed by atoms with E-state index in [2.05, 4.69) is 10.0 Å². The lowest BCUT2D eigenvalue weighted by molar-refractivity contribution is -0.117. The number of benzene rings is 2. The molecule has 0 saturated heterocycles. The second kappa shape index (κ2) is 8.79. The monoisotopic (exact) mass is 432 g/mol. The summed E-state index contributed by atoms with van der Waals surface area (Å²) < 4.78 is 37.4. The zero-order valence-corrected chi connectivity index (χ0v) is 17.1. The van der Waals surface area contributed by atoms with Crippen LogP contribution in [0.25, 0.3) is 0 Å². The summed E-state index contributed by atoms with van der Waals surface area (Å²) in [7, 11) is -1.05. The predicted molar refractivity (Wildman–Crippen MR) is 104 cm³/mol. The van der Waals surface area contributed by atoms with Gasteiger partial charge in [0.25, 0.3) is 0 Å². The largest absolute Gasteiger partial charge is 0.495 e. The molecule has 0 aliphatic heterocycles. The molecule has 0 aliphatic rings. The Morgan fingerprint density at radius 1 is 1.04 bits per heavy atom. The lowest BCUT2D eigenvalue weighted by Gasteiger charge is -2.17. The molecule has 0 radical (unpaired) electrons. The van der Waals surface area contributed by atoms with Gasteiger partial charge in [-0.1, -0.05) is 23.2 Å². The van der Waals surface area contributed by atoms with Crippen LogP contribution in [-0.4, -0.2) is 34.6 Å². The number of ether oxygens (including phenoxy) is 2. The van der Waals surface area contributed by atoms with Crippen LogP contribution in [0.4, 0.5) is 5.69 Å². The summed E-state index contributed by atoms with van der Waals surface area (Å²) in [6.45, 7) is 1.42. The molecule has 0 aliphatic carbocycles. The molecule has 0 fully saturated rings. The van der Waals surface area contributed by atoms with Crippen LogP contribution in [-0.2, 0) is 14.8 Å². The zero-order chi connectivity index (χ0) is 20.2. The van der Waals surface area contributed by atoms with E-state index < -0.39 is 22.0 Å². The fraction of sp³-hybridized carbons (Fsp3) is 0.235.